The van der Waals surface area contributed by atoms with Crippen LogP contribution >= 0.6 is 0 Å². The number of ether oxygens (including phenoxy) is 1. The van der Waals surface area contributed by atoms with Crippen LogP contribution in [0.4, 0.5) is 0 Å². The smallest absolute Gasteiger partial charge is 0.309 e. The number of allylic oxidation sites excluding steroid dienone is 2. The molecular formula is C13H21NO3. The molecule has 0 aromatic heterocycles. The monoisotopic (exact) mass is 239 g/mol. The summed E-state index contributed by atoms with van der Waals surface area (Å²) >= 11 is 0. The van der Waals surface area contributed by atoms with Gasteiger partial charge in [-0.2, -0.15) is 0 Å². The highest BCUT2D eigenvalue weighted by molar-refractivity contribution is 5.80. The van der Waals surface area contributed by atoms with E-state index in [2.05, 4.69) is 25.1 Å². The first kappa shape index (κ1) is 13.7. The van der Waals surface area contributed by atoms with Crippen molar-refractivity contribution in [3.63, 3.8) is 0 Å². The summed E-state index contributed by atoms with van der Waals surface area (Å²) in [7, 11) is 1.43. The average molecular weight is 239 g/mol. The first-order valence-corrected chi connectivity index (χ1v) is 5.86. The van der Waals surface area contributed by atoms with Gasteiger partial charge in [-0.1, -0.05) is 25.1 Å². The number of nitrogens with zero attached hydrogens (tertiary/aromatic N) is 1. The SMILES string of the molecule is CCON=CC(C)=C[C@@H]1[C@@H](C(=O)OC)C1(C)C. The minimum absolute atomic E-state index is 0.0200. The molecule has 0 heterocycles. The lowest BCUT2D eigenvalue weighted by atomic mass is 10.1. The Hall–Kier alpha value is -1.32. The van der Waals surface area contributed by atoms with Crippen LogP contribution in [-0.4, -0.2) is 25.9 Å². The standard InChI is InChI=1S/C13H21NO3/c1-6-17-14-8-9(2)7-10-11(12(15)16-5)13(10,3)4/h7-8,10-11H,6H2,1-5H3/t10-,11+/m1/s1. The lowest BCUT2D eigenvalue weighted by molar-refractivity contribution is -0.143. The van der Waals surface area contributed by atoms with Gasteiger partial charge in [-0.15, -0.1) is 0 Å². The van der Waals surface area contributed by atoms with Gasteiger partial charge in [0.05, 0.1) is 19.2 Å². The molecule has 1 aliphatic rings. The predicted octanol–water partition coefficient (Wildman–Crippen LogP) is 2.40. The molecule has 0 spiro atoms. The zero-order chi connectivity index (χ0) is 13.1. The normalized spacial score (nSPS) is 27.0. The summed E-state index contributed by atoms with van der Waals surface area (Å²) in [5.74, 6) is 0.0526. The molecule has 1 saturated carbocycles. The third kappa shape index (κ3) is 3.08. The van der Waals surface area contributed by atoms with Crippen LogP contribution < -0.4 is 0 Å². The molecular weight excluding hydrogens is 218 g/mol. The second-order valence-corrected chi connectivity index (χ2v) is 4.91. The van der Waals surface area contributed by atoms with E-state index in [0.29, 0.717) is 6.61 Å². The van der Waals surface area contributed by atoms with Gasteiger partial charge in [-0.25, -0.2) is 0 Å². The highest BCUT2D eigenvalue weighted by atomic mass is 16.6. The Morgan fingerprint density at radius 3 is 2.65 bits per heavy atom. The summed E-state index contributed by atoms with van der Waals surface area (Å²) in [6.45, 7) is 8.54. The number of methoxy groups -OCH3 is 1. The third-order valence-electron chi connectivity index (χ3n) is 3.27. The van der Waals surface area contributed by atoms with Crippen molar-refractivity contribution in [2.75, 3.05) is 13.7 Å². The van der Waals surface area contributed by atoms with Crippen LogP contribution in [0.1, 0.15) is 27.7 Å². The predicted molar refractivity (Wildman–Crippen MR) is 66.7 cm³/mol. The van der Waals surface area contributed by atoms with Crippen LogP contribution in [0.25, 0.3) is 0 Å². The first-order valence-electron chi connectivity index (χ1n) is 5.86. The number of hydrogen-bond donors (Lipinski definition) is 0. The Labute approximate surface area is 103 Å². The molecule has 4 nitrogen and oxygen atoms in total. The van der Waals surface area contributed by atoms with E-state index in [1.807, 2.05) is 13.8 Å². The van der Waals surface area contributed by atoms with E-state index < -0.39 is 0 Å². The van der Waals surface area contributed by atoms with Gasteiger partial charge in [0.1, 0.15) is 6.61 Å². The van der Waals surface area contributed by atoms with Gasteiger partial charge in [0.2, 0.25) is 0 Å². The summed E-state index contributed by atoms with van der Waals surface area (Å²) < 4.78 is 4.79. The second kappa shape index (κ2) is 5.34. The minimum atomic E-state index is -0.134. The zero-order valence-electron chi connectivity index (χ0n) is 11.2. The van der Waals surface area contributed by atoms with Crippen LogP contribution in [0, 0.1) is 17.3 Å². The quantitative estimate of drug-likeness (QED) is 0.420. The van der Waals surface area contributed by atoms with E-state index in [0.717, 1.165) is 5.57 Å². The highest BCUT2D eigenvalue weighted by Gasteiger charge is 2.61. The lowest BCUT2D eigenvalue weighted by Gasteiger charge is -1.99. The van der Waals surface area contributed by atoms with Gasteiger partial charge in [0, 0.05) is 0 Å². The molecule has 1 rings (SSSR count). The fraction of sp³-hybridized carbons (Fsp3) is 0.692. The molecule has 0 unspecified atom stereocenters. The zero-order valence-corrected chi connectivity index (χ0v) is 11.2. The minimum Gasteiger partial charge on any atom is -0.469 e. The number of hydrogen-bond acceptors (Lipinski definition) is 4. The van der Waals surface area contributed by atoms with Crippen molar-refractivity contribution in [2.24, 2.45) is 22.4 Å². The van der Waals surface area contributed by atoms with Crippen LogP contribution in [0.15, 0.2) is 16.8 Å². The summed E-state index contributed by atoms with van der Waals surface area (Å²) in [4.78, 5) is 16.4. The molecule has 0 aliphatic heterocycles. The maximum Gasteiger partial charge on any atom is 0.309 e. The molecule has 0 aromatic rings. The molecule has 0 aromatic carbocycles. The Balaban J connectivity index is 2.64. The highest BCUT2D eigenvalue weighted by Crippen LogP contribution is 2.59. The Kier molecular flexibility index (Phi) is 4.32. The van der Waals surface area contributed by atoms with Crippen molar-refractivity contribution in [1.29, 1.82) is 0 Å². The molecule has 2 atom stereocenters. The van der Waals surface area contributed by atoms with Crippen LogP contribution in [0.2, 0.25) is 0 Å². The van der Waals surface area contributed by atoms with Gasteiger partial charge in [0.15, 0.2) is 0 Å². The van der Waals surface area contributed by atoms with Crippen molar-refractivity contribution in [3.05, 3.63) is 11.6 Å². The van der Waals surface area contributed by atoms with E-state index in [1.165, 1.54) is 7.11 Å². The maximum absolute atomic E-state index is 11.5. The van der Waals surface area contributed by atoms with Crippen LogP contribution in [-0.2, 0) is 14.4 Å². The number of oxime groups is 1. The second-order valence-electron chi connectivity index (χ2n) is 4.91. The Bertz CT molecular complexity index is 345. The third-order valence-corrected chi connectivity index (χ3v) is 3.27. The van der Waals surface area contributed by atoms with Crippen LogP contribution in [0.5, 0.6) is 0 Å². The summed E-state index contributed by atoms with van der Waals surface area (Å²) in [5, 5.41) is 3.80. The van der Waals surface area contributed by atoms with E-state index in [9.17, 15) is 4.79 Å². The van der Waals surface area contributed by atoms with E-state index in [4.69, 9.17) is 9.57 Å². The van der Waals surface area contributed by atoms with Gasteiger partial charge >= 0.3 is 5.97 Å². The summed E-state index contributed by atoms with van der Waals surface area (Å²) in [6, 6.07) is 0. The topological polar surface area (TPSA) is 47.9 Å². The largest absolute Gasteiger partial charge is 0.469 e. The summed E-state index contributed by atoms with van der Waals surface area (Å²) in [5.41, 5.74) is 0.983. The van der Waals surface area contributed by atoms with E-state index >= 15 is 0 Å². The van der Waals surface area contributed by atoms with Crippen molar-refractivity contribution in [2.45, 2.75) is 27.7 Å². The molecule has 96 valence electrons. The molecule has 0 N–H and O–H groups in total. The number of carbonyl (C=O) groups excluding carboxylic acids is 1. The van der Waals surface area contributed by atoms with Gasteiger partial charge in [0.25, 0.3) is 0 Å². The van der Waals surface area contributed by atoms with Gasteiger partial charge in [-0.05, 0) is 30.8 Å². The molecule has 0 saturated heterocycles. The number of rotatable bonds is 5. The fourth-order valence-electron chi connectivity index (χ4n) is 2.09. The molecule has 17 heavy (non-hydrogen) atoms. The molecule has 1 aliphatic carbocycles. The number of carbonyl (C=O) groups is 1. The number of esters is 1. The van der Waals surface area contributed by atoms with Crippen molar-refractivity contribution in [1.82, 2.24) is 0 Å². The Morgan fingerprint density at radius 1 is 1.47 bits per heavy atom. The molecule has 0 radical (unpaired) electrons. The fourth-order valence-corrected chi connectivity index (χ4v) is 2.09. The van der Waals surface area contributed by atoms with Gasteiger partial charge < -0.3 is 9.57 Å². The van der Waals surface area contributed by atoms with Crippen LogP contribution in [0.3, 0.4) is 0 Å². The van der Waals surface area contributed by atoms with Crippen molar-refractivity contribution in [3.8, 4) is 0 Å². The Morgan fingerprint density at radius 2 is 2.12 bits per heavy atom. The van der Waals surface area contributed by atoms with Gasteiger partial charge in [-0.3, -0.25) is 4.79 Å². The molecule has 0 bridgehead atoms. The van der Waals surface area contributed by atoms with E-state index in [-0.39, 0.29) is 23.2 Å². The van der Waals surface area contributed by atoms with Crippen molar-refractivity contribution < 1.29 is 14.4 Å². The first-order chi connectivity index (χ1) is 7.95. The molecule has 0 amide bonds. The molecule has 1 fully saturated rings. The average Bonchev–Trinajstić information content (AvgIpc) is 2.80. The maximum atomic E-state index is 11.5. The molecule has 4 heteroatoms. The lowest BCUT2D eigenvalue weighted by Crippen LogP contribution is -2.07. The van der Waals surface area contributed by atoms with E-state index in [1.54, 1.807) is 6.21 Å². The summed E-state index contributed by atoms with van der Waals surface area (Å²) in [6.07, 6.45) is 3.73. The van der Waals surface area contributed by atoms with Crippen molar-refractivity contribution >= 4 is 12.2 Å².